The minimum Gasteiger partial charge on any atom is -0.381 e. The molecule has 7 heteroatoms. The minimum atomic E-state index is -1.36. The Balaban J connectivity index is 1.84. The molecule has 3 N–H and O–H groups in total. The van der Waals surface area contributed by atoms with Crippen LogP contribution in [0.5, 0.6) is 0 Å². The summed E-state index contributed by atoms with van der Waals surface area (Å²) in [7, 11) is 3.13. The van der Waals surface area contributed by atoms with Crippen LogP contribution < -0.4 is 5.32 Å². The van der Waals surface area contributed by atoms with Gasteiger partial charge in [-0.15, -0.1) is 0 Å². The second kappa shape index (κ2) is 8.46. The van der Waals surface area contributed by atoms with Gasteiger partial charge in [0, 0.05) is 30.0 Å². The third-order valence-corrected chi connectivity index (χ3v) is 4.75. The molecule has 0 bridgehead atoms. The van der Waals surface area contributed by atoms with Crippen molar-refractivity contribution < 1.29 is 14.7 Å². The molecule has 0 saturated heterocycles. The van der Waals surface area contributed by atoms with E-state index in [9.17, 15) is 14.7 Å². The van der Waals surface area contributed by atoms with Crippen molar-refractivity contribution in [1.29, 1.82) is 0 Å². The number of benzene rings is 2. The molecule has 2 amide bonds. The van der Waals surface area contributed by atoms with E-state index < -0.39 is 24.0 Å². The maximum absolute atomic E-state index is 12.8. The first-order valence-corrected chi connectivity index (χ1v) is 9.25. The Labute approximate surface area is 168 Å². The fraction of sp³-hybridized carbons (Fsp3) is 0.238. The second-order valence-electron chi connectivity index (χ2n) is 6.86. The van der Waals surface area contributed by atoms with E-state index in [2.05, 4.69) is 10.3 Å². The van der Waals surface area contributed by atoms with Crippen LogP contribution in [0.25, 0.3) is 10.9 Å². The zero-order chi connectivity index (χ0) is 20.3. The van der Waals surface area contributed by atoms with Crippen molar-refractivity contribution in [2.24, 2.45) is 0 Å². The highest BCUT2D eigenvalue weighted by Crippen LogP contribution is 2.20. The number of aromatic amines is 1. The Bertz CT molecular complexity index is 985. The van der Waals surface area contributed by atoms with Crippen molar-refractivity contribution in [1.82, 2.24) is 15.2 Å². The highest BCUT2D eigenvalue weighted by Gasteiger charge is 2.29. The zero-order valence-electron chi connectivity index (χ0n) is 15.6. The molecule has 6 nitrogen and oxygen atoms in total. The maximum Gasteiger partial charge on any atom is 0.268 e. The number of fused-ring (bicyclic) bond motifs is 1. The molecule has 0 aliphatic rings. The van der Waals surface area contributed by atoms with Gasteiger partial charge in [-0.3, -0.25) is 9.59 Å². The fourth-order valence-electron chi connectivity index (χ4n) is 3.02. The molecule has 0 aliphatic heterocycles. The molecule has 0 aliphatic carbocycles. The topological polar surface area (TPSA) is 85.4 Å². The highest BCUT2D eigenvalue weighted by atomic mass is 35.5. The number of amides is 2. The molecular formula is C21H22ClN3O3. The molecule has 28 heavy (non-hydrogen) atoms. The van der Waals surface area contributed by atoms with Crippen LogP contribution in [0.2, 0.25) is 5.02 Å². The van der Waals surface area contributed by atoms with Gasteiger partial charge < -0.3 is 20.3 Å². The number of aliphatic hydroxyl groups is 1. The summed E-state index contributed by atoms with van der Waals surface area (Å²) in [4.78, 5) is 29.4. The molecule has 146 valence electrons. The number of carbonyl (C=O) groups is 2. The van der Waals surface area contributed by atoms with Gasteiger partial charge >= 0.3 is 0 Å². The van der Waals surface area contributed by atoms with Crippen LogP contribution >= 0.6 is 11.6 Å². The summed E-state index contributed by atoms with van der Waals surface area (Å²) in [6.07, 6.45) is -1.04. The van der Waals surface area contributed by atoms with Crippen molar-refractivity contribution in [2.75, 3.05) is 14.1 Å². The molecule has 0 fully saturated rings. The monoisotopic (exact) mass is 399 g/mol. The number of carbonyl (C=O) groups excluding carboxylic acids is 2. The van der Waals surface area contributed by atoms with E-state index in [4.69, 9.17) is 11.6 Å². The van der Waals surface area contributed by atoms with E-state index in [-0.39, 0.29) is 0 Å². The third kappa shape index (κ3) is 4.52. The van der Waals surface area contributed by atoms with Gasteiger partial charge in [-0.2, -0.15) is 0 Å². The van der Waals surface area contributed by atoms with Crippen molar-refractivity contribution in [2.45, 2.75) is 18.6 Å². The summed E-state index contributed by atoms with van der Waals surface area (Å²) >= 11 is 6.00. The van der Waals surface area contributed by atoms with E-state index in [1.807, 2.05) is 30.3 Å². The highest BCUT2D eigenvalue weighted by molar-refractivity contribution is 6.31. The minimum absolute atomic E-state index is 0.319. The number of rotatable bonds is 6. The Morgan fingerprint density at radius 2 is 1.86 bits per heavy atom. The van der Waals surface area contributed by atoms with Crippen LogP contribution in [0.15, 0.2) is 54.6 Å². The number of nitrogens with one attached hydrogen (secondary N) is 2. The van der Waals surface area contributed by atoms with Crippen LogP contribution in [0.3, 0.4) is 0 Å². The quantitative estimate of drug-likeness (QED) is 0.595. The van der Waals surface area contributed by atoms with E-state index in [1.54, 1.807) is 38.4 Å². The average Bonchev–Trinajstić information content (AvgIpc) is 3.10. The molecule has 2 unspecified atom stereocenters. The predicted octanol–water partition coefficient (Wildman–Crippen LogP) is 2.61. The molecular weight excluding hydrogens is 378 g/mol. The van der Waals surface area contributed by atoms with E-state index >= 15 is 0 Å². The zero-order valence-corrected chi connectivity index (χ0v) is 16.4. The van der Waals surface area contributed by atoms with Crippen LogP contribution in [0.4, 0.5) is 0 Å². The number of aliphatic hydroxyl groups excluding tert-OH is 1. The smallest absolute Gasteiger partial charge is 0.268 e. The van der Waals surface area contributed by atoms with Gasteiger partial charge in [0.2, 0.25) is 0 Å². The van der Waals surface area contributed by atoms with Gasteiger partial charge in [0.05, 0.1) is 6.04 Å². The van der Waals surface area contributed by atoms with Crippen LogP contribution in [-0.4, -0.2) is 53.0 Å². The number of nitrogens with zero attached hydrogens (tertiary/aromatic N) is 1. The lowest BCUT2D eigenvalue weighted by Gasteiger charge is -2.25. The SMILES string of the molecule is CN(C)C(=O)C(O)C(Cc1ccccc1)NC(=O)c1cc2cc(Cl)ccc2[nH]1. The molecule has 0 spiro atoms. The summed E-state index contributed by atoms with van der Waals surface area (Å²) in [5.74, 6) is -0.872. The van der Waals surface area contributed by atoms with E-state index in [1.165, 1.54) is 4.90 Å². The van der Waals surface area contributed by atoms with Crippen molar-refractivity contribution in [3.63, 3.8) is 0 Å². The van der Waals surface area contributed by atoms with Gasteiger partial charge in [0.1, 0.15) is 5.69 Å². The van der Waals surface area contributed by atoms with Gasteiger partial charge in [0.25, 0.3) is 11.8 Å². The molecule has 2 atom stereocenters. The first-order valence-electron chi connectivity index (χ1n) is 8.87. The maximum atomic E-state index is 12.8. The van der Waals surface area contributed by atoms with Gasteiger partial charge in [0.15, 0.2) is 6.10 Å². The lowest BCUT2D eigenvalue weighted by molar-refractivity contribution is -0.138. The van der Waals surface area contributed by atoms with Gasteiger partial charge in [-0.25, -0.2) is 0 Å². The average molecular weight is 400 g/mol. The van der Waals surface area contributed by atoms with Gasteiger partial charge in [-0.05, 0) is 36.2 Å². The number of hydrogen-bond acceptors (Lipinski definition) is 3. The Hall–Kier alpha value is -2.83. The Morgan fingerprint density at radius 1 is 1.14 bits per heavy atom. The van der Waals surface area contributed by atoms with Crippen molar-refractivity contribution in [3.8, 4) is 0 Å². The molecule has 0 radical (unpaired) electrons. The first kappa shape index (κ1) is 19.9. The molecule has 3 rings (SSSR count). The lowest BCUT2D eigenvalue weighted by Crippen LogP contribution is -2.51. The number of halogens is 1. The predicted molar refractivity (Wildman–Crippen MR) is 109 cm³/mol. The summed E-state index contributed by atoms with van der Waals surface area (Å²) in [6, 6.07) is 15.6. The van der Waals surface area contributed by atoms with Crippen LogP contribution in [0, 0.1) is 0 Å². The summed E-state index contributed by atoms with van der Waals surface area (Å²) in [6.45, 7) is 0. The Kier molecular flexibility index (Phi) is 6.02. The van der Waals surface area contributed by atoms with Crippen LogP contribution in [0.1, 0.15) is 16.1 Å². The molecule has 1 aromatic heterocycles. The summed E-state index contributed by atoms with van der Waals surface area (Å²) in [5.41, 5.74) is 2.01. The lowest BCUT2D eigenvalue weighted by atomic mass is 10.00. The van der Waals surface area contributed by atoms with Crippen LogP contribution in [-0.2, 0) is 11.2 Å². The number of hydrogen-bond donors (Lipinski definition) is 3. The number of H-pyrrole nitrogens is 1. The molecule has 1 heterocycles. The van der Waals surface area contributed by atoms with E-state index in [0.717, 1.165) is 16.5 Å². The third-order valence-electron chi connectivity index (χ3n) is 4.52. The standard InChI is InChI=1S/C21H22ClN3O3/c1-25(2)21(28)19(26)17(10-13-6-4-3-5-7-13)24-20(27)18-12-14-11-15(22)8-9-16(14)23-18/h3-9,11-12,17,19,23,26H,10H2,1-2H3,(H,24,27). The Morgan fingerprint density at radius 3 is 2.54 bits per heavy atom. The number of likely N-dealkylation sites (N-methyl/N-ethyl adjacent to an activating group) is 1. The van der Waals surface area contributed by atoms with Gasteiger partial charge in [-0.1, -0.05) is 41.9 Å². The number of aromatic nitrogens is 1. The first-order chi connectivity index (χ1) is 13.3. The van der Waals surface area contributed by atoms with Crippen molar-refractivity contribution >= 4 is 34.3 Å². The molecule has 3 aromatic rings. The van der Waals surface area contributed by atoms with Crippen molar-refractivity contribution in [3.05, 3.63) is 70.9 Å². The summed E-state index contributed by atoms with van der Waals surface area (Å²) < 4.78 is 0. The molecule has 2 aromatic carbocycles. The largest absolute Gasteiger partial charge is 0.381 e. The second-order valence-corrected chi connectivity index (χ2v) is 7.30. The molecule has 0 saturated carbocycles. The van der Waals surface area contributed by atoms with E-state index in [0.29, 0.717) is 17.1 Å². The summed E-state index contributed by atoms with van der Waals surface area (Å²) in [5, 5.41) is 14.7. The normalized spacial score (nSPS) is 13.1. The fourth-order valence-corrected chi connectivity index (χ4v) is 3.20.